The van der Waals surface area contributed by atoms with E-state index in [1.807, 2.05) is 30.3 Å². The molecule has 1 aromatic carbocycles. The van der Waals surface area contributed by atoms with Crippen LogP contribution in [0, 0.1) is 11.8 Å². The van der Waals surface area contributed by atoms with Crippen LogP contribution in [0.15, 0.2) is 47.4 Å². The maximum Gasteiger partial charge on any atom is 0.263 e. The van der Waals surface area contributed by atoms with Crippen LogP contribution in [0.3, 0.4) is 0 Å². The summed E-state index contributed by atoms with van der Waals surface area (Å²) in [4.78, 5) is 37.5. The van der Waals surface area contributed by atoms with Crippen LogP contribution in [-0.2, 0) is 6.54 Å². The highest BCUT2D eigenvalue weighted by atomic mass is 16.2. The van der Waals surface area contributed by atoms with E-state index in [1.165, 1.54) is 17.7 Å². The van der Waals surface area contributed by atoms with E-state index in [0.717, 1.165) is 18.4 Å². The maximum absolute atomic E-state index is 12.7. The molecular formula is C21H24N2O3. The van der Waals surface area contributed by atoms with Crippen molar-refractivity contribution >= 4 is 11.7 Å². The summed E-state index contributed by atoms with van der Waals surface area (Å²) in [6, 6.07) is 11.0. The van der Waals surface area contributed by atoms with E-state index in [9.17, 15) is 14.4 Å². The summed E-state index contributed by atoms with van der Waals surface area (Å²) < 4.78 is 1.46. The Kier molecular flexibility index (Phi) is 5.35. The number of carbonyl (C=O) groups is 2. The largest absolute Gasteiger partial charge is 0.355 e. The predicted molar refractivity (Wildman–Crippen MR) is 100 cm³/mol. The number of amides is 1. The summed E-state index contributed by atoms with van der Waals surface area (Å²) in [7, 11) is 1.48. The third kappa shape index (κ3) is 3.93. The molecule has 1 heterocycles. The number of hydrogen-bond acceptors (Lipinski definition) is 3. The average Bonchev–Trinajstić information content (AvgIpc) is 3.41. The molecule has 0 radical (unpaired) electrons. The van der Waals surface area contributed by atoms with Crippen molar-refractivity contribution < 1.29 is 9.59 Å². The molecule has 2 atom stereocenters. The fraction of sp³-hybridized carbons (Fsp3) is 0.381. The topological polar surface area (TPSA) is 68.2 Å². The molecule has 1 amide bonds. The molecule has 0 spiro atoms. The van der Waals surface area contributed by atoms with Gasteiger partial charge in [-0.3, -0.25) is 14.4 Å². The zero-order valence-electron chi connectivity index (χ0n) is 15.2. The van der Waals surface area contributed by atoms with Crippen molar-refractivity contribution in [2.24, 2.45) is 11.8 Å². The zero-order valence-corrected chi connectivity index (χ0v) is 15.2. The lowest BCUT2D eigenvalue weighted by Gasteiger charge is -2.11. The third-order valence-corrected chi connectivity index (χ3v) is 5.12. The molecule has 5 heteroatoms. The van der Waals surface area contributed by atoms with E-state index in [1.54, 1.807) is 6.20 Å². The van der Waals surface area contributed by atoms with E-state index in [-0.39, 0.29) is 16.9 Å². The monoisotopic (exact) mass is 352 g/mol. The minimum Gasteiger partial charge on any atom is -0.355 e. The minimum atomic E-state index is -0.468. The van der Waals surface area contributed by atoms with Crippen molar-refractivity contribution in [1.82, 2.24) is 9.88 Å². The molecule has 0 bridgehead atoms. The number of rotatable bonds is 7. The Morgan fingerprint density at radius 2 is 1.92 bits per heavy atom. The Hall–Kier alpha value is -2.69. The van der Waals surface area contributed by atoms with Gasteiger partial charge in [0.2, 0.25) is 0 Å². The number of benzene rings is 1. The van der Waals surface area contributed by atoms with Crippen LogP contribution < -0.4 is 10.9 Å². The quantitative estimate of drug-likeness (QED) is 0.779. The fourth-order valence-electron chi connectivity index (χ4n) is 3.40. The molecule has 1 unspecified atom stereocenters. The van der Waals surface area contributed by atoms with Gasteiger partial charge in [-0.2, -0.15) is 0 Å². The van der Waals surface area contributed by atoms with Gasteiger partial charge in [-0.1, -0.05) is 43.7 Å². The molecule has 1 aromatic heterocycles. The van der Waals surface area contributed by atoms with E-state index < -0.39 is 5.91 Å². The summed E-state index contributed by atoms with van der Waals surface area (Å²) in [5.41, 5.74) is 0.996. The van der Waals surface area contributed by atoms with Gasteiger partial charge in [-0.25, -0.2) is 0 Å². The molecule has 1 fully saturated rings. The van der Waals surface area contributed by atoms with Crippen molar-refractivity contribution in [2.75, 3.05) is 7.05 Å². The number of Topliss-reactive ketones (excluding diaryl/α,β-unsaturated/α-hetero) is 1. The molecule has 1 aliphatic carbocycles. The highest BCUT2D eigenvalue weighted by Gasteiger charge is 2.36. The SMILES string of the molecule is CC[C@H]1CC1CC(=O)c1cc(C(=O)NC)c(=O)n(Cc2ccccc2)c1. The summed E-state index contributed by atoms with van der Waals surface area (Å²) in [6.45, 7) is 2.46. The highest BCUT2D eigenvalue weighted by molar-refractivity contribution is 6.00. The molecule has 2 aromatic rings. The third-order valence-electron chi connectivity index (χ3n) is 5.12. The summed E-state index contributed by atoms with van der Waals surface area (Å²) in [5.74, 6) is 0.597. The normalized spacial score (nSPS) is 18.4. The van der Waals surface area contributed by atoms with Crippen molar-refractivity contribution in [1.29, 1.82) is 0 Å². The number of nitrogens with zero attached hydrogens (tertiary/aromatic N) is 1. The van der Waals surface area contributed by atoms with Crippen LogP contribution in [0.5, 0.6) is 0 Å². The lowest BCUT2D eigenvalue weighted by atomic mass is 10.0. The van der Waals surface area contributed by atoms with E-state index >= 15 is 0 Å². The first-order valence-corrected chi connectivity index (χ1v) is 9.07. The van der Waals surface area contributed by atoms with Gasteiger partial charge in [0, 0.05) is 25.2 Å². The Morgan fingerprint density at radius 1 is 1.19 bits per heavy atom. The lowest BCUT2D eigenvalue weighted by Crippen LogP contribution is -2.32. The molecule has 1 aliphatic rings. The second kappa shape index (κ2) is 7.68. The number of hydrogen-bond donors (Lipinski definition) is 1. The van der Waals surface area contributed by atoms with Crippen LogP contribution in [0.4, 0.5) is 0 Å². The van der Waals surface area contributed by atoms with Gasteiger partial charge in [0.05, 0.1) is 6.54 Å². The maximum atomic E-state index is 12.7. The summed E-state index contributed by atoms with van der Waals surface area (Å²) in [6.07, 6.45) is 4.26. The first kappa shape index (κ1) is 18.1. The van der Waals surface area contributed by atoms with Gasteiger partial charge in [0.1, 0.15) is 5.56 Å². The summed E-state index contributed by atoms with van der Waals surface area (Å²) >= 11 is 0. The first-order chi connectivity index (χ1) is 12.5. The first-order valence-electron chi connectivity index (χ1n) is 9.07. The lowest BCUT2D eigenvalue weighted by molar-refractivity contribution is 0.0961. The molecule has 0 saturated heterocycles. The van der Waals surface area contributed by atoms with Crippen LogP contribution in [-0.4, -0.2) is 23.3 Å². The number of pyridine rings is 1. The number of carbonyl (C=O) groups excluding carboxylic acids is 2. The standard InChI is InChI=1S/C21H24N2O3/c1-3-15-9-16(15)11-19(24)17-10-18(20(25)22-2)21(26)23(13-17)12-14-7-5-4-6-8-14/h4-8,10,13,15-16H,3,9,11-12H2,1-2H3,(H,22,25)/t15-,16?/m0/s1. The average molecular weight is 352 g/mol. The van der Waals surface area contributed by atoms with Gasteiger partial charge in [-0.15, -0.1) is 0 Å². The summed E-state index contributed by atoms with van der Waals surface area (Å²) in [5, 5.41) is 2.49. The van der Waals surface area contributed by atoms with Crippen LogP contribution in [0.25, 0.3) is 0 Å². The smallest absolute Gasteiger partial charge is 0.263 e. The van der Waals surface area contributed by atoms with Crippen molar-refractivity contribution in [3.05, 3.63) is 69.6 Å². The van der Waals surface area contributed by atoms with Crippen LogP contribution in [0.1, 0.15) is 52.5 Å². The Labute approximate surface area is 153 Å². The molecule has 1 saturated carbocycles. The van der Waals surface area contributed by atoms with Gasteiger partial charge in [0.15, 0.2) is 5.78 Å². The highest BCUT2D eigenvalue weighted by Crippen LogP contribution is 2.44. The van der Waals surface area contributed by atoms with E-state index in [2.05, 4.69) is 12.2 Å². The number of aromatic nitrogens is 1. The second-order valence-electron chi connectivity index (χ2n) is 6.93. The molecule has 5 nitrogen and oxygen atoms in total. The van der Waals surface area contributed by atoms with Crippen molar-refractivity contribution in [3.63, 3.8) is 0 Å². The Balaban J connectivity index is 1.93. The molecule has 1 N–H and O–H groups in total. The second-order valence-corrected chi connectivity index (χ2v) is 6.93. The number of nitrogens with one attached hydrogen (secondary N) is 1. The minimum absolute atomic E-state index is 0.00193. The van der Waals surface area contributed by atoms with Gasteiger partial charge < -0.3 is 9.88 Å². The molecule has 0 aliphatic heterocycles. The molecule has 3 rings (SSSR count). The van der Waals surface area contributed by atoms with Crippen LogP contribution in [0.2, 0.25) is 0 Å². The Bertz CT molecular complexity index is 871. The molecular weight excluding hydrogens is 328 g/mol. The number of ketones is 1. The Morgan fingerprint density at radius 3 is 2.54 bits per heavy atom. The van der Waals surface area contributed by atoms with E-state index in [0.29, 0.717) is 30.4 Å². The molecule has 136 valence electrons. The van der Waals surface area contributed by atoms with Gasteiger partial charge >= 0.3 is 0 Å². The van der Waals surface area contributed by atoms with Crippen molar-refractivity contribution in [3.8, 4) is 0 Å². The van der Waals surface area contributed by atoms with Crippen LogP contribution >= 0.6 is 0 Å². The molecule has 26 heavy (non-hydrogen) atoms. The predicted octanol–water partition coefficient (Wildman–Crippen LogP) is 2.88. The zero-order chi connectivity index (χ0) is 18.7. The van der Waals surface area contributed by atoms with Gasteiger partial charge in [0.25, 0.3) is 11.5 Å². The van der Waals surface area contributed by atoms with Gasteiger partial charge in [-0.05, 0) is 29.9 Å². The van der Waals surface area contributed by atoms with E-state index in [4.69, 9.17) is 0 Å². The van der Waals surface area contributed by atoms with Crippen molar-refractivity contribution in [2.45, 2.75) is 32.7 Å². The fourth-order valence-corrected chi connectivity index (χ4v) is 3.40.